The number of hydrogen-bond donors (Lipinski definition) is 3. The fourth-order valence-corrected chi connectivity index (χ4v) is 4.57. The maximum atomic E-state index is 12.6. The minimum atomic E-state index is -1.80. The van der Waals surface area contributed by atoms with Crippen molar-refractivity contribution in [2.45, 2.75) is 38.1 Å². The predicted octanol–water partition coefficient (Wildman–Crippen LogP) is 1.29. The van der Waals surface area contributed by atoms with Gasteiger partial charge in [-0.15, -0.1) is 0 Å². The summed E-state index contributed by atoms with van der Waals surface area (Å²) in [5.41, 5.74) is 3.08. The quantitative estimate of drug-likeness (QED) is 0.584. The molecular formula is C25H31N3O5. The molecule has 2 amide bonds. The van der Waals surface area contributed by atoms with Crippen LogP contribution in [0.15, 0.2) is 48.5 Å². The third kappa shape index (κ3) is 5.12. The first-order chi connectivity index (χ1) is 16.0. The lowest BCUT2D eigenvalue weighted by molar-refractivity contribution is -0.153. The van der Waals surface area contributed by atoms with Crippen molar-refractivity contribution in [2.75, 3.05) is 31.6 Å². The van der Waals surface area contributed by atoms with Gasteiger partial charge in [-0.25, -0.2) is 0 Å². The summed E-state index contributed by atoms with van der Waals surface area (Å²) in [6.45, 7) is 2.79. The minimum absolute atomic E-state index is 0.257. The van der Waals surface area contributed by atoms with Crippen LogP contribution in [0.2, 0.25) is 0 Å². The number of carbonyl (C=O) groups is 2. The van der Waals surface area contributed by atoms with Crippen molar-refractivity contribution in [2.24, 2.45) is 5.92 Å². The number of hydrogen-bond acceptors (Lipinski definition) is 6. The smallest absolute Gasteiger partial charge is 0.255 e. The Labute approximate surface area is 193 Å². The number of para-hydroxylation sites is 2. The Balaban J connectivity index is 1.23. The molecular weight excluding hydrogens is 422 g/mol. The van der Waals surface area contributed by atoms with Crippen LogP contribution < -0.4 is 15.0 Å². The molecule has 176 valence electrons. The van der Waals surface area contributed by atoms with Gasteiger partial charge in [-0.1, -0.05) is 36.4 Å². The lowest BCUT2D eigenvalue weighted by atomic mass is 9.96. The molecule has 0 spiro atoms. The number of ether oxygens (including phenoxy) is 1. The van der Waals surface area contributed by atoms with E-state index in [-0.39, 0.29) is 5.92 Å². The molecule has 2 aromatic rings. The molecule has 2 aromatic carbocycles. The number of aliphatic hydroxyl groups is 2. The van der Waals surface area contributed by atoms with Crippen LogP contribution in [-0.4, -0.2) is 65.9 Å². The molecule has 2 aliphatic heterocycles. The van der Waals surface area contributed by atoms with Gasteiger partial charge in [0.15, 0.2) is 12.2 Å². The van der Waals surface area contributed by atoms with E-state index in [2.05, 4.69) is 10.2 Å². The van der Waals surface area contributed by atoms with Gasteiger partial charge < -0.3 is 30.1 Å². The number of piperidine rings is 1. The van der Waals surface area contributed by atoms with Crippen molar-refractivity contribution in [1.29, 1.82) is 0 Å². The molecule has 8 nitrogen and oxygen atoms in total. The Morgan fingerprint density at radius 3 is 2.24 bits per heavy atom. The summed E-state index contributed by atoms with van der Waals surface area (Å²) in [4.78, 5) is 28.7. The molecule has 2 aliphatic rings. The Kier molecular flexibility index (Phi) is 7.15. The average molecular weight is 454 g/mol. The Bertz CT molecular complexity index is 965. The zero-order valence-corrected chi connectivity index (χ0v) is 18.8. The third-order valence-electron chi connectivity index (χ3n) is 6.58. The van der Waals surface area contributed by atoms with E-state index in [1.165, 1.54) is 4.90 Å². The number of nitrogens with one attached hydrogen (secondary N) is 1. The van der Waals surface area contributed by atoms with Gasteiger partial charge in [-0.2, -0.15) is 0 Å². The molecule has 4 rings (SSSR count). The predicted molar refractivity (Wildman–Crippen MR) is 124 cm³/mol. The Morgan fingerprint density at radius 1 is 1.00 bits per heavy atom. The van der Waals surface area contributed by atoms with E-state index >= 15 is 0 Å². The SMILES string of the molecule is COc1ccccc1N1CCC(CNC(=O)[C@H](O)[C@@H](O)C(=O)N2Cc3ccccc3C2)CC1. The zero-order valence-electron chi connectivity index (χ0n) is 18.8. The van der Waals surface area contributed by atoms with Crippen LogP contribution >= 0.6 is 0 Å². The molecule has 2 heterocycles. The highest BCUT2D eigenvalue weighted by molar-refractivity contribution is 5.90. The van der Waals surface area contributed by atoms with Gasteiger partial charge in [-0.3, -0.25) is 9.59 Å². The van der Waals surface area contributed by atoms with E-state index in [9.17, 15) is 19.8 Å². The number of aliphatic hydroxyl groups excluding tert-OH is 2. The third-order valence-corrected chi connectivity index (χ3v) is 6.58. The summed E-state index contributed by atoms with van der Waals surface area (Å²) in [5, 5.41) is 23.3. The van der Waals surface area contributed by atoms with Gasteiger partial charge in [0.25, 0.3) is 11.8 Å². The number of methoxy groups -OCH3 is 1. The summed E-state index contributed by atoms with van der Waals surface area (Å²) in [5.74, 6) is -0.265. The van der Waals surface area contributed by atoms with Crippen LogP contribution in [0, 0.1) is 5.92 Å². The first-order valence-corrected chi connectivity index (χ1v) is 11.3. The van der Waals surface area contributed by atoms with E-state index in [0.717, 1.165) is 48.5 Å². The summed E-state index contributed by atoms with van der Waals surface area (Å²) in [7, 11) is 1.66. The van der Waals surface area contributed by atoms with Crippen LogP contribution in [0.25, 0.3) is 0 Å². The number of carbonyl (C=O) groups excluding carboxylic acids is 2. The summed E-state index contributed by atoms with van der Waals surface area (Å²) < 4.78 is 5.45. The minimum Gasteiger partial charge on any atom is -0.495 e. The fraction of sp³-hybridized carbons (Fsp3) is 0.440. The van der Waals surface area contributed by atoms with E-state index in [1.807, 2.05) is 48.5 Å². The van der Waals surface area contributed by atoms with Crippen molar-refractivity contribution in [3.05, 3.63) is 59.7 Å². The molecule has 0 unspecified atom stereocenters. The van der Waals surface area contributed by atoms with Crippen molar-refractivity contribution in [1.82, 2.24) is 10.2 Å². The molecule has 8 heteroatoms. The first kappa shape index (κ1) is 23.1. The van der Waals surface area contributed by atoms with Crippen LogP contribution in [-0.2, 0) is 22.7 Å². The fourth-order valence-electron chi connectivity index (χ4n) is 4.57. The van der Waals surface area contributed by atoms with Crippen molar-refractivity contribution in [3.63, 3.8) is 0 Å². The van der Waals surface area contributed by atoms with Gasteiger partial charge in [0.05, 0.1) is 12.8 Å². The maximum absolute atomic E-state index is 12.6. The highest BCUT2D eigenvalue weighted by Gasteiger charge is 2.35. The van der Waals surface area contributed by atoms with Crippen LogP contribution in [0.5, 0.6) is 5.75 Å². The number of anilines is 1. The van der Waals surface area contributed by atoms with Crippen LogP contribution in [0.4, 0.5) is 5.69 Å². The van der Waals surface area contributed by atoms with E-state index in [4.69, 9.17) is 4.74 Å². The number of fused-ring (bicyclic) bond motifs is 1. The monoisotopic (exact) mass is 453 g/mol. The number of benzene rings is 2. The summed E-state index contributed by atoms with van der Waals surface area (Å²) in [6, 6.07) is 15.6. The number of rotatable bonds is 7. The summed E-state index contributed by atoms with van der Waals surface area (Å²) >= 11 is 0. The Morgan fingerprint density at radius 2 is 1.61 bits per heavy atom. The molecule has 3 N–H and O–H groups in total. The van der Waals surface area contributed by atoms with Gasteiger partial charge in [0, 0.05) is 32.7 Å². The number of amides is 2. The van der Waals surface area contributed by atoms with Crippen molar-refractivity contribution in [3.8, 4) is 5.75 Å². The van der Waals surface area contributed by atoms with Crippen molar-refractivity contribution < 1.29 is 24.5 Å². The average Bonchev–Trinajstić information content (AvgIpc) is 3.30. The van der Waals surface area contributed by atoms with Gasteiger partial charge >= 0.3 is 0 Å². The Hall–Kier alpha value is -3.10. The molecule has 0 saturated carbocycles. The second kappa shape index (κ2) is 10.2. The molecule has 2 atom stereocenters. The highest BCUT2D eigenvalue weighted by Crippen LogP contribution is 2.31. The van der Waals surface area contributed by atoms with E-state index in [0.29, 0.717) is 19.6 Å². The largest absolute Gasteiger partial charge is 0.495 e. The second-order valence-electron chi connectivity index (χ2n) is 8.70. The topological polar surface area (TPSA) is 102 Å². The lowest BCUT2D eigenvalue weighted by Gasteiger charge is -2.34. The second-order valence-corrected chi connectivity index (χ2v) is 8.70. The molecule has 0 radical (unpaired) electrons. The van der Waals surface area contributed by atoms with E-state index < -0.39 is 24.0 Å². The highest BCUT2D eigenvalue weighted by atomic mass is 16.5. The zero-order chi connectivity index (χ0) is 23.4. The first-order valence-electron chi connectivity index (χ1n) is 11.3. The van der Waals surface area contributed by atoms with E-state index in [1.54, 1.807) is 7.11 Å². The number of nitrogens with zero attached hydrogens (tertiary/aromatic N) is 2. The molecule has 1 saturated heterocycles. The van der Waals surface area contributed by atoms with Gasteiger partial charge in [0.1, 0.15) is 5.75 Å². The molecule has 0 bridgehead atoms. The van der Waals surface area contributed by atoms with Crippen LogP contribution in [0.1, 0.15) is 24.0 Å². The molecule has 0 aliphatic carbocycles. The maximum Gasteiger partial charge on any atom is 0.255 e. The van der Waals surface area contributed by atoms with Gasteiger partial charge in [-0.05, 0) is 42.0 Å². The molecule has 0 aromatic heterocycles. The standard InChI is InChI=1S/C25H31N3O5/c1-33-21-9-5-4-8-20(21)27-12-10-17(11-13-27)14-26-24(31)22(29)23(30)25(32)28-15-18-6-2-3-7-19(18)16-28/h2-9,17,22-23,29-30H,10-16H2,1H3,(H,26,31)/t22-,23-/m1/s1. The lowest BCUT2D eigenvalue weighted by Crippen LogP contribution is -2.50. The molecule has 33 heavy (non-hydrogen) atoms. The summed E-state index contributed by atoms with van der Waals surface area (Å²) in [6.07, 6.45) is -1.83. The molecule has 1 fully saturated rings. The van der Waals surface area contributed by atoms with Gasteiger partial charge in [0.2, 0.25) is 0 Å². The van der Waals surface area contributed by atoms with Crippen LogP contribution in [0.3, 0.4) is 0 Å². The normalized spacial score (nSPS) is 17.9. The van der Waals surface area contributed by atoms with Crippen molar-refractivity contribution >= 4 is 17.5 Å².